The van der Waals surface area contributed by atoms with Gasteiger partial charge >= 0.3 is 6.18 Å². The van der Waals surface area contributed by atoms with Crippen molar-refractivity contribution in [2.45, 2.75) is 12.6 Å². The van der Waals surface area contributed by atoms with Crippen LogP contribution < -0.4 is 15.4 Å². The molecule has 1 aliphatic rings. The molecule has 1 atom stereocenters. The van der Waals surface area contributed by atoms with Crippen LogP contribution in [-0.4, -0.2) is 36.8 Å². The summed E-state index contributed by atoms with van der Waals surface area (Å²) in [7, 11) is 0. The van der Waals surface area contributed by atoms with Gasteiger partial charge in [-0.15, -0.1) is 0 Å². The Morgan fingerprint density at radius 3 is 2.85 bits per heavy atom. The number of ether oxygens (including phenoxy) is 1. The first-order valence-electron chi connectivity index (χ1n) is 6.11. The van der Waals surface area contributed by atoms with Crippen LogP contribution in [0.4, 0.5) is 18.9 Å². The van der Waals surface area contributed by atoms with Crippen molar-refractivity contribution in [1.82, 2.24) is 10.3 Å². The minimum Gasteiger partial charge on any atom is -0.468 e. The number of amides is 1. The molecule has 0 aromatic carbocycles. The largest absolute Gasteiger partial charge is 0.468 e. The summed E-state index contributed by atoms with van der Waals surface area (Å²) in [5.41, 5.74) is 0.432. The number of halogens is 3. The van der Waals surface area contributed by atoms with E-state index in [1.54, 1.807) is 0 Å². The summed E-state index contributed by atoms with van der Waals surface area (Å²) in [6, 6.07) is 2.74. The van der Waals surface area contributed by atoms with E-state index < -0.39 is 12.8 Å². The van der Waals surface area contributed by atoms with Crippen molar-refractivity contribution >= 4 is 11.6 Å². The maximum Gasteiger partial charge on any atom is 0.422 e. The number of hydrogen-bond acceptors (Lipinski definition) is 4. The van der Waals surface area contributed by atoms with Crippen LogP contribution in [0, 0.1) is 5.92 Å². The lowest BCUT2D eigenvalue weighted by Crippen LogP contribution is -2.24. The summed E-state index contributed by atoms with van der Waals surface area (Å²) < 4.78 is 40.3. The molecule has 1 aromatic heterocycles. The second kappa shape index (κ2) is 6.08. The molecular formula is C12H14F3N3O2. The van der Waals surface area contributed by atoms with Crippen LogP contribution >= 0.6 is 0 Å². The fourth-order valence-corrected chi connectivity index (χ4v) is 1.82. The van der Waals surface area contributed by atoms with Gasteiger partial charge in [0.15, 0.2) is 6.61 Å². The van der Waals surface area contributed by atoms with E-state index in [0.717, 1.165) is 13.0 Å². The number of carbonyl (C=O) groups is 1. The van der Waals surface area contributed by atoms with Gasteiger partial charge in [0.1, 0.15) is 0 Å². The van der Waals surface area contributed by atoms with Gasteiger partial charge in [-0.2, -0.15) is 13.2 Å². The van der Waals surface area contributed by atoms with Crippen molar-refractivity contribution in [3.63, 3.8) is 0 Å². The molecule has 1 aromatic rings. The Morgan fingerprint density at radius 2 is 2.30 bits per heavy atom. The Hall–Kier alpha value is -1.83. The van der Waals surface area contributed by atoms with Gasteiger partial charge in [-0.3, -0.25) is 4.79 Å². The van der Waals surface area contributed by atoms with Gasteiger partial charge in [-0.05, 0) is 19.0 Å². The minimum atomic E-state index is -4.40. The van der Waals surface area contributed by atoms with Crippen molar-refractivity contribution in [1.29, 1.82) is 0 Å². The predicted octanol–water partition coefficient (Wildman–Crippen LogP) is 1.57. The third kappa shape index (κ3) is 4.37. The highest BCUT2D eigenvalue weighted by atomic mass is 19.4. The number of anilines is 1. The van der Waals surface area contributed by atoms with Gasteiger partial charge in [0, 0.05) is 12.6 Å². The molecule has 1 unspecified atom stereocenters. The fraction of sp³-hybridized carbons (Fsp3) is 0.500. The van der Waals surface area contributed by atoms with E-state index in [1.807, 2.05) is 0 Å². The molecule has 0 spiro atoms. The quantitative estimate of drug-likeness (QED) is 0.883. The third-order valence-electron chi connectivity index (χ3n) is 2.82. The van der Waals surface area contributed by atoms with Gasteiger partial charge in [0.2, 0.25) is 11.8 Å². The zero-order valence-electron chi connectivity index (χ0n) is 10.5. The van der Waals surface area contributed by atoms with Crippen LogP contribution in [0.3, 0.4) is 0 Å². The number of carbonyl (C=O) groups excluding carboxylic acids is 1. The lowest BCUT2D eigenvalue weighted by Gasteiger charge is -2.11. The molecule has 5 nitrogen and oxygen atoms in total. The van der Waals surface area contributed by atoms with Crippen LogP contribution in [0.15, 0.2) is 18.3 Å². The van der Waals surface area contributed by atoms with E-state index in [0.29, 0.717) is 12.2 Å². The number of rotatable bonds is 4. The summed E-state index contributed by atoms with van der Waals surface area (Å²) in [5.74, 6) is -0.347. The Morgan fingerprint density at radius 1 is 1.50 bits per heavy atom. The lowest BCUT2D eigenvalue weighted by molar-refractivity contribution is -0.154. The number of hydrogen-bond donors (Lipinski definition) is 2. The fourth-order valence-electron chi connectivity index (χ4n) is 1.82. The van der Waals surface area contributed by atoms with Crippen molar-refractivity contribution in [3.8, 4) is 5.88 Å². The summed E-state index contributed by atoms with van der Waals surface area (Å²) in [6.07, 6.45) is -2.36. The lowest BCUT2D eigenvalue weighted by atomic mass is 10.1. The molecule has 1 aliphatic heterocycles. The average molecular weight is 289 g/mol. The minimum absolute atomic E-state index is 0.0869. The van der Waals surface area contributed by atoms with E-state index >= 15 is 0 Å². The van der Waals surface area contributed by atoms with Crippen molar-refractivity contribution in [2.24, 2.45) is 5.92 Å². The Labute approximate surface area is 113 Å². The third-order valence-corrected chi connectivity index (χ3v) is 2.82. The number of pyridine rings is 1. The number of nitrogens with one attached hydrogen (secondary N) is 2. The molecule has 110 valence electrons. The smallest absolute Gasteiger partial charge is 0.422 e. The molecule has 2 heterocycles. The molecule has 0 radical (unpaired) electrons. The molecular weight excluding hydrogens is 275 g/mol. The SMILES string of the molecule is O=C(Nc1ccc(OCC(F)(F)F)nc1)C1CCNC1. The van der Waals surface area contributed by atoms with Gasteiger partial charge in [0.25, 0.3) is 0 Å². The molecule has 1 saturated heterocycles. The van der Waals surface area contributed by atoms with Gasteiger partial charge in [-0.25, -0.2) is 4.98 Å². The maximum atomic E-state index is 11.9. The average Bonchev–Trinajstić information content (AvgIpc) is 2.91. The molecule has 1 amide bonds. The first-order chi connectivity index (χ1) is 9.44. The van der Waals surface area contributed by atoms with Crippen LogP contribution in [-0.2, 0) is 4.79 Å². The molecule has 0 bridgehead atoms. The molecule has 0 saturated carbocycles. The highest BCUT2D eigenvalue weighted by Crippen LogP contribution is 2.18. The van der Waals surface area contributed by atoms with Crippen LogP contribution in [0.1, 0.15) is 6.42 Å². The Bertz CT molecular complexity index is 456. The second-order valence-electron chi connectivity index (χ2n) is 4.47. The Kier molecular flexibility index (Phi) is 4.43. The topological polar surface area (TPSA) is 63.2 Å². The maximum absolute atomic E-state index is 11.9. The first kappa shape index (κ1) is 14.6. The van der Waals surface area contributed by atoms with E-state index in [9.17, 15) is 18.0 Å². The first-order valence-corrected chi connectivity index (χ1v) is 6.11. The number of aromatic nitrogens is 1. The monoisotopic (exact) mass is 289 g/mol. The number of nitrogens with zero attached hydrogens (tertiary/aromatic N) is 1. The van der Waals surface area contributed by atoms with Crippen molar-refractivity contribution in [3.05, 3.63) is 18.3 Å². The standard InChI is InChI=1S/C12H14F3N3O2/c13-12(14,15)7-20-10-2-1-9(6-17-10)18-11(19)8-3-4-16-5-8/h1-2,6,8,16H,3-5,7H2,(H,18,19). The van der Waals surface area contributed by atoms with Crippen molar-refractivity contribution < 1.29 is 22.7 Å². The van der Waals surface area contributed by atoms with Crippen LogP contribution in [0.5, 0.6) is 5.88 Å². The summed E-state index contributed by atoms with van der Waals surface area (Å²) in [5, 5.41) is 5.74. The zero-order chi connectivity index (χ0) is 14.6. The van der Waals surface area contributed by atoms with E-state index in [-0.39, 0.29) is 17.7 Å². The van der Waals surface area contributed by atoms with Gasteiger partial charge in [-0.1, -0.05) is 0 Å². The summed E-state index contributed by atoms with van der Waals surface area (Å²) in [4.78, 5) is 15.5. The molecule has 8 heteroatoms. The summed E-state index contributed by atoms with van der Waals surface area (Å²) >= 11 is 0. The highest BCUT2D eigenvalue weighted by Gasteiger charge is 2.28. The zero-order valence-corrected chi connectivity index (χ0v) is 10.5. The predicted molar refractivity (Wildman–Crippen MR) is 65.4 cm³/mol. The molecule has 2 N–H and O–H groups in total. The normalized spacial score (nSPS) is 18.9. The van der Waals surface area contributed by atoms with E-state index in [1.165, 1.54) is 18.3 Å². The van der Waals surface area contributed by atoms with Gasteiger partial charge < -0.3 is 15.4 Å². The number of alkyl halides is 3. The second-order valence-corrected chi connectivity index (χ2v) is 4.47. The Balaban J connectivity index is 1.86. The van der Waals surface area contributed by atoms with E-state index in [2.05, 4.69) is 20.4 Å². The molecule has 20 heavy (non-hydrogen) atoms. The molecule has 0 aliphatic carbocycles. The molecule has 1 fully saturated rings. The van der Waals surface area contributed by atoms with E-state index in [4.69, 9.17) is 0 Å². The van der Waals surface area contributed by atoms with Crippen LogP contribution in [0.25, 0.3) is 0 Å². The highest BCUT2D eigenvalue weighted by molar-refractivity contribution is 5.92. The van der Waals surface area contributed by atoms with Crippen molar-refractivity contribution in [2.75, 3.05) is 25.0 Å². The van der Waals surface area contributed by atoms with Crippen LogP contribution in [0.2, 0.25) is 0 Å². The summed E-state index contributed by atoms with van der Waals surface area (Å²) in [6.45, 7) is 0.0477. The molecule has 2 rings (SSSR count). The van der Waals surface area contributed by atoms with Gasteiger partial charge in [0.05, 0.1) is 17.8 Å².